The number of carbonyl (C=O) groups is 1. The summed E-state index contributed by atoms with van der Waals surface area (Å²) >= 11 is 3.34. The lowest BCUT2D eigenvalue weighted by Crippen LogP contribution is -2.56. The molecule has 110 valence electrons. The van der Waals surface area contributed by atoms with Crippen LogP contribution in [-0.2, 0) is 19.4 Å². The van der Waals surface area contributed by atoms with Crippen LogP contribution in [0.5, 0.6) is 0 Å². The van der Waals surface area contributed by atoms with Gasteiger partial charge < -0.3 is 9.64 Å². The molecule has 0 aromatic carbocycles. The molecule has 0 radical (unpaired) electrons. The molecule has 2 aliphatic rings. The fourth-order valence-electron chi connectivity index (χ4n) is 2.63. The molecule has 2 saturated heterocycles. The summed E-state index contributed by atoms with van der Waals surface area (Å²) in [4.78, 5) is 14.2. The van der Waals surface area contributed by atoms with E-state index in [2.05, 4.69) is 15.9 Å². The smallest absolute Gasteiger partial charge is 0.241 e. The first-order chi connectivity index (χ1) is 8.95. The van der Waals surface area contributed by atoms with Crippen LogP contribution in [0.3, 0.4) is 0 Å². The average Bonchev–Trinajstić information content (AvgIpc) is 2.38. The van der Waals surface area contributed by atoms with Gasteiger partial charge in [0.2, 0.25) is 5.91 Å². The van der Waals surface area contributed by atoms with Gasteiger partial charge in [-0.05, 0) is 19.8 Å². The van der Waals surface area contributed by atoms with Crippen molar-refractivity contribution in [2.24, 2.45) is 0 Å². The second kappa shape index (κ2) is 6.10. The summed E-state index contributed by atoms with van der Waals surface area (Å²) in [7, 11) is -3.26. The molecule has 0 aromatic heterocycles. The van der Waals surface area contributed by atoms with E-state index in [4.69, 9.17) is 4.74 Å². The molecule has 0 aromatic rings. The predicted molar refractivity (Wildman–Crippen MR) is 76.1 cm³/mol. The first kappa shape index (κ1) is 15.3. The van der Waals surface area contributed by atoms with Gasteiger partial charge in [-0.25, -0.2) is 8.42 Å². The molecule has 3 atom stereocenters. The Kier molecular flexibility index (Phi) is 4.89. The summed E-state index contributed by atoms with van der Waals surface area (Å²) in [6.45, 7) is 2.84. The summed E-state index contributed by atoms with van der Waals surface area (Å²) in [6.07, 6.45) is 1.90. The van der Waals surface area contributed by atoms with Crippen LogP contribution in [0.15, 0.2) is 0 Å². The fraction of sp³-hybridized carbons (Fsp3) is 0.917. The highest BCUT2D eigenvalue weighted by Crippen LogP contribution is 2.24. The van der Waals surface area contributed by atoms with E-state index in [-0.39, 0.29) is 23.8 Å². The predicted octanol–water partition coefficient (Wildman–Crippen LogP) is 0.965. The molecule has 7 heteroatoms. The molecule has 3 unspecified atom stereocenters. The van der Waals surface area contributed by atoms with Gasteiger partial charge in [0.1, 0.15) is 5.25 Å². The number of hydrogen-bond donors (Lipinski definition) is 0. The highest BCUT2D eigenvalue weighted by atomic mass is 79.9. The van der Waals surface area contributed by atoms with Crippen molar-refractivity contribution in [3.05, 3.63) is 0 Å². The Morgan fingerprint density at radius 1 is 1.42 bits per heavy atom. The Morgan fingerprint density at radius 3 is 2.79 bits per heavy atom. The normalized spacial score (nSPS) is 35.1. The molecule has 0 aliphatic carbocycles. The lowest BCUT2D eigenvalue weighted by Gasteiger charge is -2.39. The maximum Gasteiger partial charge on any atom is 0.241 e. The summed E-state index contributed by atoms with van der Waals surface area (Å²) in [5.41, 5.74) is 0. The lowest BCUT2D eigenvalue weighted by atomic mass is 10.1. The molecule has 2 heterocycles. The largest absolute Gasteiger partial charge is 0.373 e. The van der Waals surface area contributed by atoms with Gasteiger partial charge in [-0.2, -0.15) is 0 Å². The maximum atomic E-state index is 12.5. The number of ether oxygens (including phenoxy) is 1. The van der Waals surface area contributed by atoms with Crippen LogP contribution in [0.1, 0.15) is 26.2 Å². The minimum Gasteiger partial charge on any atom is -0.373 e. The maximum absolute atomic E-state index is 12.5. The van der Waals surface area contributed by atoms with Crippen LogP contribution in [-0.4, -0.2) is 60.9 Å². The van der Waals surface area contributed by atoms with Crippen LogP contribution in [0, 0.1) is 0 Å². The molecule has 0 spiro atoms. The van der Waals surface area contributed by atoms with Gasteiger partial charge in [-0.15, -0.1) is 0 Å². The first-order valence-corrected chi connectivity index (χ1v) is 9.49. The molecule has 2 rings (SSSR count). The van der Waals surface area contributed by atoms with Crippen LogP contribution in [0.4, 0.5) is 0 Å². The zero-order chi connectivity index (χ0) is 14.0. The highest BCUT2D eigenvalue weighted by molar-refractivity contribution is 9.09. The number of rotatable bonds is 2. The second-order valence-electron chi connectivity index (χ2n) is 5.30. The Morgan fingerprint density at radius 2 is 2.16 bits per heavy atom. The summed E-state index contributed by atoms with van der Waals surface area (Å²) in [5, 5.41) is -0.182. The topological polar surface area (TPSA) is 63.7 Å². The van der Waals surface area contributed by atoms with E-state index in [1.807, 2.05) is 6.92 Å². The minimum atomic E-state index is -3.26. The van der Waals surface area contributed by atoms with Crippen molar-refractivity contribution >= 4 is 31.7 Å². The van der Waals surface area contributed by atoms with Gasteiger partial charge in [0.05, 0.1) is 24.5 Å². The van der Waals surface area contributed by atoms with E-state index >= 15 is 0 Å². The lowest BCUT2D eigenvalue weighted by molar-refractivity contribution is -0.142. The van der Waals surface area contributed by atoms with Crippen LogP contribution in [0.25, 0.3) is 0 Å². The minimum absolute atomic E-state index is 0.0496. The number of nitrogens with zero attached hydrogens (tertiary/aromatic N) is 1. The van der Waals surface area contributed by atoms with E-state index in [1.165, 1.54) is 0 Å². The summed E-state index contributed by atoms with van der Waals surface area (Å²) < 4.78 is 29.6. The number of carbonyl (C=O) groups excluding carboxylic acids is 1. The average molecular weight is 354 g/mol. The number of halogens is 1. The molecular formula is C12H20BrNO4S. The zero-order valence-corrected chi connectivity index (χ0v) is 13.5. The number of hydrogen-bond acceptors (Lipinski definition) is 4. The quantitative estimate of drug-likeness (QED) is 0.693. The number of morpholine rings is 1. The van der Waals surface area contributed by atoms with E-state index in [0.717, 1.165) is 6.42 Å². The van der Waals surface area contributed by atoms with Crippen LogP contribution < -0.4 is 0 Å². The van der Waals surface area contributed by atoms with Crippen molar-refractivity contribution in [3.8, 4) is 0 Å². The molecular weight excluding hydrogens is 334 g/mol. The van der Waals surface area contributed by atoms with Crippen molar-refractivity contribution < 1.29 is 17.9 Å². The molecule has 0 N–H and O–H groups in total. The number of amides is 1. The van der Waals surface area contributed by atoms with Crippen molar-refractivity contribution in [2.45, 2.75) is 43.6 Å². The standard InChI is InChI=1S/C12H20BrNO4S/c1-9-8-18-10(6-13)7-14(9)12(15)11-4-2-3-5-19(11,16)17/h9-11H,2-8H2,1H3. The third-order valence-corrected chi connectivity index (χ3v) is 6.70. The van der Waals surface area contributed by atoms with Gasteiger partial charge in [-0.1, -0.05) is 22.4 Å². The first-order valence-electron chi connectivity index (χ1n) is 6.65. The van der Waals surface area contributed by atoms with Gasteiger partial charge in [0.15, 0.2) is 9.84 Å². The van der Waals surface area contributed by atoms with Gasteiger partial charge in [-0.3, -0.25) is 4.79 Å². The molecule has 0 bridgehead atoms. The number of sulfone groups is 1. The molecule has 1 amide bonds. The Bertz CT molecular complexity index is 439. The van der Waals surface area contributed by atoms with Crippen molar-refractivity contribution in [2.75, 3.05) is 24.2 Å². The molecule has 2 aliphatic heterocycles. The van der Waals surface area contributed by atoms with Crippen LogP contribution >= 0.6 is 15.9 Å². The van der Waals surface area contributed by atoms with Gasteiger partial charge in [0, 0.05) is 11.9 Å². The van der Waals surface area contributed by atoms with Crippen molar-refractivity contribution in [1.29, 1.82) is 0 Å². The van der Waals surface area contributed by atoms with Gasteiger partial charge in [0.25, 0.3) is 0 Å². The fourth-order valence-corrected chi connectivity index (χ4v) is 4.89. The monoisotopic (exact) mass is 353 g/mol. The van der Waals surface area contributed by atoms with Gasteiger partial charge >= 0.3 is 0 Å². The Hall–Kier alpha value is -0.140. The Labute approximate surface area is 122 Å². The van der Waals surface area contributed by atoms with E-state index in [9.17, 15) is 13.2 Å². The highest BCUT2D eigenvalue weighted by Gasteiger charge is 2.40. The molecule has 0 saturated carbocycles. The van der Waals surface area contributed by atoms with Crippen molar-refractivity contribution in [1.82, 2.24) is 4.90 Å². The third-order valence-electron chi connectivity index (χ3n) is 3.81. The summed E-state index contributed by atoms with van der Waals surface area (Å²) in [5.74, 6) is -0.0919. The second-order valence-corrected chi connectivity index (χ2v) is 8.25. The number of alkyl halides is 1. The molecule has 2 fully saturated rings. The molecule has 19 heavy (non-hydrogen) atoms. The molecule has 5 nitrogen and oxygen atoms in total. The van der Waals surface area contributed by atoms with E-state index in [1.54, 1.807) is 4.90 Å². The van der Waals surface area contributed by atoms with Crippen LogP contribution in [0.2, 0.25) is 0 Å². The van der Waals surface area contributed by atoms with E-state index < -0.39 is 15.1 Å². The van der Waals surface area contributed by atoms with Crippen molar-refractivity contribution in [3.63, 3.8) is 0 Å². The Balaban J connectivity index is 2.13. The zero-order valence-electron chi connectivity index (χ0n) is 11.0. The summed E-state index contributed by atoms with van der Waals surface area (Å²) in [6, 6.07) is -0.0556. The van der Waals surface area contributed by atoms with E-state index in [0.29, 0.717) is 31.3 Å². The third kappa shape index (κ3) is 3.31. The SMILES string of the molecule is CC1COC(CBr)CN1C(=O)C1CCCCS1(=O)=O.